The third-order valence-corrected chi connectivity index (χ3v) is 5.65. The van der Waals surface area contributed by atoms with Crippen LogP contribution < -0.4 is 0 Å². The molecule has 1 aromatic carbocycles. The maximum absolute atomic E-state index is 12.6. The van der Waals surface area contributed by atoms with Gasteiger partial charge in [0.25, 0.3) is 0 Å². The Labute approximate surface area is 154 Å². The summed E-state index contributed by atoms with van der Waals surface area (Å²) in [5, 5.41) is 12.6. The molecular weight excluding hydrogens is 330 g/mol. The van der Waals surface area contributed by atoms with Gasteiger partial charge in [0.05, 0.1) is 5.69 Å². The molecule has 1 heterocycles. The van der Waals surface area contributed by atoms with Crippen LogP contribution in [-0.4, -0.2) is 51.8 Å². The molecule has 0 aliphatic heterocycles. The van der Waals surface area contributed by atoms with E-state index >= 15 is 0 Å². The maximum atomic E-state index is 12.6. The van der Waals surface area contributed by atoms with Gasteiger partial charge >= 0.3 is 0 Å². The Balaban J connectivity index is 2.11. The molecule has 0 N–H and O–H groups in total. The molecule has 1 aromatic heterocycles. The minimum absolute atomic E-state index is 0.0510. The predicted molar refractivity (Wildman–Crippen MR) is 98.0 cm³/mol. The van der Waals surface area contributed by atoms with Crippen molar-refractivity contribution >= 4 is 5.91 Å². The number of tetrazole rings is 1. The Hall–Kier alpha value is -2.28. The van der Waals surface area contributed by atoms with Crippen LogP contribution in [0, 0.1) is 13.8 Å². The fourth-order valence-electron chi connectivity index (χ4n) is 3.91. The van der Waals surface area contributed by atoms with E-state index in [0.29, 0.717) is 0 Å². The molecule has 1 amide bonds. The lowest BCUT2D eigenvalue weighted by molar-refractivity contribution is -0.142. The molecule has 3 rings (SSSR count). The summed E-state index contributed by atoms with van der Waals surface area (Å²) in [6.45, 7) is 4.21. The molecule has 0 spiro atoms. The van der Waals surface area contributed by atoms with E-state index < -0.39 is 5.54 Å². The van der Waals surface area contributed by atoms with Gasteiger partial charge in [-0.2, -0.15) is 4.68 Å². The van der Waals surface area contributed by atoms with Gasteiger partial charge in [-0.3, -0.25) is 4.79 Å². The van der Waals surface area contributed by atoms with Gasteiger partial charge in [-0.25, -0.2) is 0 Å². The largest absolute Gasteiger partial charge is 0.375 e. The van der Waals surface area contributed by atoms with Crippen LogP contribution in [0.5, 0.6) is 0 Å². The number of carbonyl (C=O) groups excluding carboxylic acids is 1. The van der Waals surface area contributed by atoms with E-state index in [0.717, 1.165) is 42.8 Å². The summed E-state index contributed by atoms with van der Waals surface area (Å²) < 4.78 is 6.89. The molecular formula is C19H27N5O2. The smallest absolute Gasteiger partial charge is 0.249 e. The molecule has 7 heteroatoms. The van der Waals surface area contributed by atoms with Crippen LogP contribution in [0.25, 0.3) is 5.69 Å². The third kappa shape index (κ3) is 3.11. The summed E-state index contributed by atoms with van der Waals surface area (Å²) in [4.78, 5) is 14.4. The average Bonchev–Trinajstić information content (AvgIpc) is 3.14. The predicted octanol–water partition coefficient (Wildman–Crippen LogP) is 2.54. The molecule has 0 saturated heterocycles. The van der Waals surface area contributed by atoms with Gasteiger partial charge in [0.2, 0.25) is 5.91 Å². The van der Waals surface area contributed by atoms with E-state index in [9.17, 15) is 4.79 Å². The topological polar surface area (TPSA) is 73.1 Å². The Bertz CT molecular complexity index is 780. The summed E-state index contributed by atoms with van der Waals surface area (Å²) >= 11 is 0. The van der Waals surface area contributed by atoms with Crippen LogP contribution in [-0.2, 0) is 15.1 Å². The standard InChI is InChI=1S/C19H27N5O2/c1-14-9-8-10-16(15(14)2)24-18(20-21-22-24)19(11-6-5-7-12-19)23(3)17(25)13-26-4/h8-10H,5-7,11-13H2,1-4H3. The number of hydrogen-bond donors (Lipinski definition) is 0. The van der Waals surface area contributed by atoms with Gasteiger partial charge in [-0.15, -0.1) is 5.10 Å². The highest BCUT2D eigenvalue weighted by Crippen LogP contribution is 2.41. The van der Waals surface area contributed by atoms with Crippen molar-refractivity contribution in [2.45, 2.75) is 51.5 Å². The van der Waals surface area contributed by atoms with Gasteiger partial charge < -0.3 is 9.64 Å². The molecule has 2 aromatic rings. The van der Waals surface area contributed by atoms with E-state index in [2.05, 4.69) is 35.4 Å². The summed E-state index contributed by atoms with van der Waals surface area (Å²) in [6, 6.07) is 6.11. The normalized spacial score (nSPS) is 16.5. The first-order valence-corrected chi connectivity index (χ1v) is 9.12. The van der Waals surface area contributed by atoms with Crippen LogP contribution >= 0.6 is 0 Å². The number of carbonyl (C=O) groups is 1. The highest BCUT2D eigenvalue weighted by Gasteiger charge is 2.44. The molecule has 1 aliphatic carbocycles. The summed E-state index contributed by atoms with van der Waals surface area (Å²) in [6.07, 6.45) is 4.96. The van der Waals surface area contributed by atoms with E-state index in [1.54, 1.807) is 12.0 Å². The monoisotopic (exact) mass is 357 g/mol. The van der Waals surface area contributed by atoms with Crippen LogP contribution in [0.3, 0.4) is 0 Å². The molecule has 1 saturated carbocycles. The molecule has 1 fully saturated rings. The van der Waals surface area contributed by atoms with E-state index in [-0.39, 0.29) is 12.5 Å². The van der Waals surface area contributed by atoms with E-state index in [1.807, 2.05) is 23.9 Å². The fourth-order valence-corrected chi connectivity index (χ4v) is 3.91. The van der Waals surface area contributed by atoms with Crippen LogP contribution in [0.2, 0.25) is 0 Å². The lowest BCUT2D eigenvalue weighted by atomic mass is 9.79. The summed E-state index contributed by atoms with van der Waals surface area (Å²) in [5.41, 5.74) is 2.78. The van der Waals surface area contributed by atoms with Crippen molar-refractivity contribution in [1.29, 1.82) is 0 Å². The number of aromatic nitrogens is 4. The fraction of sp³-hybridized carbons (Fsp3) is 0.579. The second-order valence-corrected chi connectivity index (χ2v) is 7.11. The van der Waals surface area contributed by atoms with Crippen molar-refractivity contribution in [2.24, 2.45) is 0 Å². The number of ether oxygens (including phenoxy) is 1. The third-order valence-electron chi connectivity index (χ3n) is 5.65. The van der Waals surface area contributed by atoms with Gasteiger partial charge in [-0.05, 0) is 54.3 Å². The SMILES string of the molecule is COCC(=O)N(C)C1(c2nnnn2-c2cccc(C)c2C)CCCCC1. The molecule has 0 unspecified atom stereocenters. The minimum atomic E-state index is -0.506. The Kier molecular flexibility index (Phi) is 5.36. The van der Waals surface area contributed by atoms with Crippen LogP contribution in [0.4, 0.5) is 0 Å². The molecule has 0 atom stereocenters. The molecule has 26 heavy (non-hydrogen) atoms. The molecule has 140 valence electrons. The first kappa shape index (κ1) is 18.5. The second kappa shape index (κ2) is 7.53. The van der Waals surface area contributed by atoms with Gasteiger partial charge in [0.1, 0.15) is 12.1 Å². The van der Waals surface area contributed by atoms with Crippen molar-refractivity contribution in [2.75, 3.05) is 20.8 Å². The number of hydrogen-bond acceptors (Lipinski definition) is 5. The number of aryl methyl sites for hydroxylation is 1. The first-order chi connectivity index (χ1) is 12.5. The van der Waals surface area contributed by atoms with Crippen molar-refractivity contribution in [3.8, 4) is 5.69 Å². The van der Waals surface area contributed by atoms with Crippen LogP contribution in [0.15, 0.2) is 18.2 Å². The molecule has 0 radical (unpaired) electrons. The van der Waals surface area contributed by atoms with E-state index in [4.69, 9.17) is 4.74 Å². The minimum Gasteiger partial charge on any atom is -0.375 e. The number of likely N-dealkylation sites (N-methyl/N-ethyl adjacent to an activating group) is 1. The zero-order chi connectivity index (χ0) is 18.7. The van der Waals surface area contributed by atoms with Crippen LogP contribution in [0.1, 0.15) is 49.1 Å². The maximum Gasteiger partial charge on any atom is 0.249 e. The van der Waals surface area contributed by atoms with Gasteiger partial charge in [-0.1, -0.05) is 31.4 Å². The highest BCUT2D eigenvalue weighted by molar-refractivity contribution is 5.78. The highest BCUT2D eigenvalue weighted by atomic mass is 16.5. The average molecular weight is 357 g/mol. The zero-order valence-corrected chi connectivity index (χ0v) is 16.0. The first-order valence-electron chi connectivity index (χ1n) is 9.12. The Morgan fingerprint density at radius 1 is 1.27 bits per heavy atom. The van der Waals surface area contributed by atoms with E-state index in [1.165, 1.54) is 12.0 Å². The lowest BCUT2D eigenvalue weighted by Crippen LogP contribution is -2.51. The summed E-state index contributed by atoms with van der Waals surface area (Å²) in [5.74, 6) is 0.683. The Morgan fingerprint density at radius 3 is 2.69 bits per heavy atom. The second-order valence-electron chi connectivity index (χ2n) is 7.11. The summed E-state index contributed by atoms with van der Waals surface area (Å²) in [7, 11) is 3.38. The van der Waals surface area contributed by atoms with Gasteiger partial charge in [0, 0.05) is 14.2 Å². The molecule has 7 nitrogen and oxygen atoms in total. The Morgan fingerprint density at radius 2 is 2.00 bits per heavy atom. The van der Waals surface area contributed by atoms with Crippen molar-refractivity contribution < 1.29 is 9.53 Å². The zero-order valence-electron chi connectivity index (χ0n) is 16.0. The van der Waals surface area contributed by atoms with Crippen molar-refractivity contribution in [1.82, 2.24) is 25.1 Å². The molecule has 0 bridgehead atoms. The number of methoxy groups -OCH3 is 1. The number of benzene rings is 1. The number of rotatable bonds is 5. The van der Waals surface area contributed by atoms with Crippen molar-refractivity contribution in [3.63, 3.8) is 0 Å². The molecule has 1 aliphatic rings. The lowest BCUT2D eigenvalue weighted by Gasteiger charge is -2.43. The number of amides is 1. The van der Waals surface area contributed by atoms with Gasteiger partial charge in [0.15, 0.2) is 5.82 Å². The number of nitrogens with zero attached hydrogens (tertiary/aromatic N) is 5. The quantitative estimate of drug-likeness (QED) is 0.822. The van der Waals surface area contributed by atoms with Crippen molar-refractivity contribution in [3.05, 3.63) is 35.2 Å².